The second kappa shape index (κ2) is 6.88. The number of ether oxygens (including phenoxy) is 1. The van der Waals surface area contributed by atoms with Crippen LogP contribution in [0.5, 0.6) is 5.75 Å². The highest BCUT2D eigenvalue weighted by molar-refractivity contribution is 5.78. The number of nitrogens with one attached hydrogen (secondary N) is 1. The Kier molecular flexibility index (Phi) is 5.45. The molecule has 0 aliphatic heterocycles. The number of benzene rings is 1. The van der Waals surface area contributed by atoms with Gasteiger partial charge in [-0.25, -0.2) is 0 Å². The van der Waals surface area contributed by atoms with Crippen LogP contribution in [0, 0.1) is 0 Å². The minimum Gasteiger partial charge on any atom is -0.497 e. The third kappa shape index (κ3) is 4.84. The Labute approximate surface area is 101 Å². The number of nitrogens with two attached hydrogens (primary N) is 1. The number of aliphatic hydroxyl groups excluding tert-OH is 1. The first-order chi connectivity index (χ1) is 8.13. The molecule has 1 unspecified atom stereocenters. The van der Waals surface area contributed by atoms with E-state index in [1.54, 1.807) is 7.11 Å². The van der Waals surface area contributed by atoms with Gasteiger partial charge in [0, 0.05) is 6.54 Å². The maximum atomic E-state index is 10.6. The first-order valence-electron chi connectivity index (χ1n) is 5.44. The molecule has 0 aliphatic carbocycles. The van der Waals surface area contributed by atoms with Crippen molar-refractivity contribution in [1.82, 2.24) is 5.32 Å². The van der Waals surface area contributed by atoms with Crippen molar-refractivity contribution in [2.75, 3.05) is 20.2 Å². The Bertz CT molecular complexity index is 369. The van der Waals surface area contributed by atoms with Gasteiger partial charge in [-0.1, -0.05) is 12.1 Å². The molecule has 0 saturated heterocycles. The minimum atomic E-state index is -1.12. The third-order valence-corrected chi connectivity index (χ3v) is 2.39. The molecular weight excluding hydrogens is 220 g/mol. The fourth-order valence-corrected chi connectivity index (χ4v) is 1.40. The number of hydrogen-bond donors (Lipinski definition) is 3. The number of methoxy groups -OCH3 is 1. The maximum Gasteiger partial charge on any atom is 0.247 e. The molecule has 94 valence electrons. The van der Waals surface area contributed by atoms with Gasteiger partial charge >= 0.3 is 0 Å². The van der Waals surface area contributed by atoms with E-state index >= 15 is 0 Å². The second-order valence-electron chi connectivity index (χ2n) is 3.72. The topological polar surface area (TPSA) is 84.6 Å². The average Bonchev–Trinajstić information content (AvgIpc) is 2.34. The number of carbonyl (C=O) groups excluding carboxylic acids is 1. The molecule has 4 N–H and O–H groups in total. The van der Waals surface area contributed by atoms with Gasteiger partial charge < -0.3 is 20.9 Å². The Balaban J connectivity index is 2.28. The minimum absolute atomic E-state index is 0.180. The standard InChI is InChI=1S/C12H18N2O3/c1-17-10-4-2-3-9(7-10)5-6-14-8-11(15)12(13)16/h2-4,7,11,14-15H,5-6,8H2,1H3,(H2,13,16). The molecule has 1 rings (SSSR count). The molecule has 1 amide bonds. The maximum absolute atomic E-state index is 10.6. The van der Waals surface area contributed by atoms with E-state index in [4.69, 9.17) is 15.6 Å². The van der Waals surface area contributed by atoms with Gasteiger partial charge in [-0.3, -0.25) is 4.79 Å². The fraction of sp³-hybridized carbons (Fsp3) is 0.417. The summed E-state index contributed by atoms with van der Waals surface area (Å²) in [6.45, 7) is 0.844. The number of hydrogen-bond acceptors (Lipinski definition) is 4. The molecule has 0 spiro atoms. The van der Waals surface area contributed by atoms with E-state index < -0.39 is 12.0 Å². The zero-order chi connectivity index (χ0) is 12.7. The first-order valence-corrected chi connectivity index (χ1v) is 5.44. The van der Waals surface area contributed by atoms with Crippen molar-refractivity contribution in [3.05, 3.63) is 29.8 Å². The van der Waals surface area contributed by atoms with E-state index in [9.17, 15) is 4.79 Å². The lowest BCUT2D eigenvalue weighted by atomic mass is 10.1. The summed E-state index contributed by atoms with van der Waals surface area (Å²) in [5.74, 6) is 0.110. The average molecular weight is 238 g/mol. The van der Waals surface area contributed by atoms with Crippen LogP contribution in [0.15, 0.2) is 24.3 Å². The van der Waals surface area contributed by atoms with Gasteiger partial charge in [-0.05, 0) is 30.7 Å². The van der Waals surface area contributed by atoms with Crippen LogP contribution in [0.2, 0.25) is 0 Å². The molecule has 17 heavy (non-hydrogen) atoms. The third-order valence-electron chi connectivity index (χ3n) is 2.39. The Hall–Kier alpha value is -1.59. The fourth-order valence-electron chi connectivity index (χ4n) is 1.40. The highest BCUT2D eigenvalue weighted by Crippen LogP contribution is 2.12. The molecule has 0 radical (unpaired) electrons. The highest BCUT2D eigenvalue weighted by Gasteiger charge is 2.08. The summed E-state index contributed by atoms with van der Waals surface area (Å²) in [7, 11) is 1.63. The predicted molar refractivity (Wildman–Crippen MR) is 64.8 cm³/mol. The van der Waals surface area contributed by atoms with Crippen molar-refractivity contribution in [2.45, 2.75) is 12.5 Å². The van der Waals surface area contributed by atoms with Crippen LogP contribution in [0.25, 0.3) is 0 Å². The molecule has 0 fully saturated rings. The van der Waals surface area contributed by atoms with Gasteiger partial charge in [0.05, 0.1) is 7.11 Å². The van der Waals surface area contributed by atoms with Gasteiger partial charge in [0.25, 0.3) is 0 Å². The lowest BCUT2D eigenvalue weighted by Crippen LogP contribution is -2.38. The molecule has 5 heteroatoms. The zero-order valence-corrected chi connectivity index (χ0v) is 9.85. The summed E-state index contributed by atoms with van der Waals surface area (Å²) in [5.41, 5.74) is 6.05. The molecule has 0 heterocycles. The van der Waals surface area contributed by atoms with Gasteiger partial charge in [0.15, 0.2) is 0 Å². The van der Waals surface area contributed by atoms with Gasteiger partial charge in [0.1, 0.15) is 11.9 Å². The second-order valence-corrected chi connectivity index (χ2v) is 3.72. The lowest BCUT2D eigenvalue weighted by molar-refractivity contribution is -0.125. The van der Waals surface area contributed by atoms with Gasteiger partial charge in [0.2, 0.25) is 5.91 Å². The molecular formula is C12H18N2O3. The summed E-state index contributed by atoms with van der Waals surface area (Å²) >= 11 is 0. The van der Waals surface area contributed by atoms with Crippen LogP contribution in [0.1, 0.15) is 5.56 Å². The number of amides is 1. The van der Waals surface area contributed by atoms with Crippen LogP contribution in [-0.2, 0) is 11.2 Å². The van der Waals surface area contributed by atoms with Crippen LogP contribution < -0.4 is 15.8 Å². The highest BCUT2D eigenvalue weighted by atomic mass is 16.5. The smallest absolute Gasteiger partial charge is 0.247 e. The van der Waals surface area contributed by atoms with E-state index in [-0.39, 0.29) is 6.54 Å². The summed E-state index contributed by atoms with van der Waals surface area (Å²) < 4.78 is 5.11. The zero-order valence-electron chi connectivity index (χ0n) is 9.85. The molecule has 0 aliphatic rings. The van der Waals surface area contributed by atoms with E-state index in [2.05, 4.69) is 5.32 Å². The first kappa shape index (κ1) is 13.5. The van der Waals surface area contributed by atoms with Crippen LogP contribution in [0.3, 0.4) is 0 Å². The van der Waals surface area contributed by atoms with Crippen LogP contribution in [-0.4, -0.2) is 37.3 Å². The van der Waals surface area contributed by atoms with Crippen molar-refractivity contribution >= 4 is 5.91 Å². The lowest BCUT2D eigenvalue weighted by Gasteiger charge is -2.08. The number of aliphatic hydroxyl groups is 1. The van der Waals surface area contributed by atoms with Crippen LogP contribution in [0.4, 0.5) is 0 Å². The van der Waals surface area contributed by atoms with Crippen molar-refractivity contribution in [2.24, 2.45) is 5.73 Å². The summed E-state index contributed by atoms with van der Waals surface area (Å²) in [4.78, 5) is 10.6. The molecule has 5 nitrogen and oxygen atoms in total. The molecule has 1 atom stereocenters. The molecule has 0 saturated carbocycles. The molecule has 0 aromatic heterocycles. The Morgan fingerprint density at radius 2 is 2.35 bits per heavy atom. The SMILES string of the molecule is COc1cccc(CCNCC(O)C(N)=O)c1. The van der Waals surface area contributed by atoms with Crippen LogP contribution >= 0.6 is 0 Å². The van der Waals surface area contributed by atoms with E-state index in [1.807, 2.05) is 24.3 Å². The molecule has 1 aromatic rings. The monoisotopic (exact) mass is 238 g/mol. The van der Waals surface area contributed by atoms with Gasteiger partial charge in [-0.15, -0.1) is 0 Å². The van der Waals surface area contributed by atoms with E-state index in [0.717, 1.165) is 17.7 Å². The molecule has 1 aromatic carbocycles. The largest absolute Gasteiger partial charge is 0.497 e. The summed E-state index contributed by atoms with van der Waals surface area (Å²) in [6, 6.07) is 7.75. The van der Waals surface area contributed by atoms with Crippen molar-refractivity contribution in [1.29, 1.82) is 0 Å². The Morgan fingerprint density at radius 1 is 1.59 bits per heavy atom. The quantitative estimate of drug-likeness (QED) is 0.568. The van der Waals surface area contributed by atoms with Crippen molar-refractivity contribution in [3.63, 3.8) is 0 Å². The number of rotatable bonds is 7. The normalized spacial score (nSPS) is 12.1. The van der Waals surface area contributed by atoms with Crippen molar-refractivity contribution < 1.29 is 14.6 Å². The summed E-state index contributed by atoms with van der Waals surface area (Å²) in [5, 5.41) is 12.1. The summed E-state index contributed by atoms with van der Waals surface area (Å²) in [6.07, 6.45) is -0.330. The van der Waals surface area contributed by atoms with Crippen molar-refractivity contribution in [3.8, 4) is 5.75 Å². The molecule has 0 bridgehead atoms. The van der Waals surface area contributed by atoms with Gasteiger partial charge in [-0.2, -0.15) is 0 Å². The number of carbonyl (C=O) groups is 1. The van der Waals surface area contributed by atoms with E-state index in [0.29, 0.717) is 6.54 Å². The Morgan fingerprint density at radius 3 is 3.00 bits per heavy atom. The number of primary amides is 1. The predicted octanol–water partition coefficient (Wildman–Crippen LogP) is -0.326. The van der Waals surface area contributed by atoms with E-state index in [1.165, 1.54) is 0 Å².